The van der Waals surface area contributed by atoms with Gasteiger partial charge in [-0.15, -0.1) is 0 Å². The van der Waals surface area contributed by atoms with E-state index in [0.29, 0.717) is 12.8 Å². The predicted octanol–water partition coefficient (Wildman–Crippen LogP) is 4.34. The summed E-state index contributed by atoms with van der Waals surface area (Å²) in [4.78, 5) is 23.8. The Bertz CT molecular complexity index is 893. The molecule has 2 aliphatic rings. The molecule has 1 heterocycles. The Labute approximate surface area is 190 Å². The third-order valence-corrected chi connectivity index (χ3v) is 6.37. The fourth-order valence-electron chi connectivity index (χ4n) is 3.55. The molecule has 2 N–H and O–H groups in total. The molecule has 2 fully saturated rings. The minimum absolute atomic E-state index is 0.187. The van der Waals surface area contributed by atoms with Gasteiger partial charge < -0.3 is 24.5 Å². The number of carboxylic acids is 1. The van der Waals surface area contributed by atoms with Gasteiger partial charge in [-0.3, -0.25) is 4.79 Å². The van der Waals surface area contributed by atoms with E-state index in [-0.39, 0.29) is 6.54 Å². The van der Waals surface area contributed by atoms with Gasteiger partial charge in [0.25, 0.3) is 0 Å². The second kappa shape index (κ2) is 8.23. The van der Waals surface area contributed by atoms with Crippen LogP contribution in [0.15, 0.2) is 29.7 Å². The number of amides is 1. The molecule has 1 aromatic carbocycles. The van der Waals surface area contributed by atoms with Gasteiger partial charge in [-0.1, -0.05) is 30.3 Å². The van der Waals surface area contributed by atoms with Crippen molar-refractivity contribution in [3.8, 4) is 0 Å². The summed E-state index contributed by atoms with van der Waals surface area (Å²) in [5, 5.41) is 12.3. The number of hydrogen-bond donors (Lipinski definition) is 2. The average Bonchev–Trinajstić information content (AvgIpc) is 3.41. The summed E-state index contributed by atoms with van der Waals surface area (Å²) in [5.74, 6) is -0.778. The largest absolute Gasteiger partial charge is 0.492 e. The standard InChI is InChI=1S/C24H34BNO6/c1-21(2,3)30-20(29)26-15-18(25-31-22(4,5)23(6,7)32-25)14-16-8-10-17(11-9-16)24(12-13-24)19(27)28/h8-11,14H,12-13,15H2,1-7H3,(H,26,29)(H,27,28). The zero-order chi connectivity index (χ0) is 23.9. The summed E-state index contributed by atoms with van der Waals surface area (Å²) >= 11 is 0. The van der Waals surface area contributed by atoms with E-state index in [1.165, 1.54) is 0 Å². The van der Waals surface area contributed by atoms with Crippen molar-refractivity contribution in [3.63, 3.8) is 0 Å². The number of alkyl carbamates (subject to hydrolysis) is 1. The molecule has 1 amide bonds. The minimum Gasteiger partial charge on any atom is -0.481 e. The number of carbonyl (C=O) groups excluding carboxylic acids is 1. The van der Waals surface area contributed by atoms with Crippen LogP contribution >= 0.6 is 0 Å². The van der Waals surface area contributed by atoms with Gasteiger partial charge in [-0.2, -0.15) is 0 Å². The summed E-state index contributed by atoms with van der Waals surface area (Å²) in [5.41, 5.74) is 0.0312. The Hall–Kier alpha value is -2.32. The Morgan fingerprint density at radius 1 is 1.09 bits per heavy atom. The number of carboxylic acid groups (broad SMARTS) is 1. The topological polar surface area (TPSA) is 94.1 Å². The molecule has 1 aliphatic heterocycles. The number of carbonyl (C=O) groups is 2. The second-order valence-electron chi connectivity index (χ2n) is 10.7. The molecule has 32 heavy (non-hydrogen) atoms. The molecule has 0 unspecified atom stereocenters. The highest BCUT2D eigenvalue weighted by Crippen LogP contribution is 2.48. The lowest BCUT2D eigenvalue weighted by Crippen LogP contribution is -2.41. The third kappa shape index (κ3) is 5.18. The molecule has 8 heteroatoms. The van der Waals surface area contributed by atoms with Crippen LogP contribution in [0.5, 0.6) is 0 Å². The van der Waals surface area contributed by atoms with Crippen LogP contribution in [0.4, 0.5) is 4.79 Å². The maximum absolute atomic E-state index is 12.2. The van der Waals surface area contributed by atoms with Crippen LogP contribution in [0, 0.1) is 0 Å². The van der Waals surface area contributed by atoms with Crippen molar-refractivity contribution in [1.82, 2.24) is 5.32 Å². The molecule has 0 atom stereocenters. The van der Waals surface area contributed by atoms with Crippen LogP contribution in [-0.2, 0) is 24.3 Å². The quantitative estimate of drug-likeness (QED) is 0.636. The highest BCUT2D eigenvalue weighted by atomic mass is 16.7. The molecule has 1 aliphatic carbocycles. The van der Waals surface area contributed by atoms with Gasteiger partial charge in [0.1, 0.15) is 5.60 Å². The van der Waals surface area contributed by atoms with Crippen LogP contribution in [0.25, 0.3) is 6.08 Å². The Kier molecular flexibility index (Phi) is 6.26. The summed E-state index contributed by atoms with van der Waals surface area (Å²) in [7, 11) is -0.636. The number of ether oxygens (including phenoxy) is 1. The molecule has 1 aromatic rings. The molecule has 0 bridgehead atoms. The zero-order valence-corrected chi connectivity index (χ0v) is 20.1. The second-order valence-corrected chi connectivity index (χ2v) is 10.7. The molecule has 1 saturated carbocycles. The van der Waals surface area contributed by atoms with Crippen molar-refractivity contribution in [3.05, 3.63) is 40.9 Å². The smallest absolute Gasteiger partial charge is 0.481 e. The normalized spacial score (nSPS) is 21.2. The predicted molar refractivity (Wildman–Crippen MR) is 123 cm³/mol. The van der Waals surface area contributed by atoms with E-state index >= 15 is 0 Å². The lowest BCUT2D eigenvalue weighted by Gasteiger charge is -2.32. The summed E-state index contributed by atoms with van der Waals surface area (Å²) < 4.78 is 17.7. The van der Waals surface area contributed by atoms with Crippen LogP contribution in [0.3, 0.4) is 0 Å². The number of nitrogens with one attached hydrogen (secondary N) is 1. The number of rotatable bonds is 6. The molecule has 3 rings (SSSR count). The highest BCUT2D eigenvalue weighted by molar-refractivity contribution is 6.56. The van der Waals surface area contributed by atoms with Crippen molar-refractivity contribution in [2.45, 2.75) is 83.5 Å². The molecule has 0 aromatic heterocycles. The molecule has 174 valence electrons. The Morgan fingerprint density at radius 3 is 2.06 bits per heavy atom. The summed E-state index contributed by atoms with van der Waals surface area (Å²) in [6.45, 7) is 13.5. The summed E-state index contributed by atoms with van der Waals surface area (Å²) in [6.07, 6.45) is 2.71. The minimum atomic E-state index is -0.778. The first-order valence-corrected chi connectivity index (χ1v) is 11.0. The van der Waals surface area contributed by atoms with Gasteiger partial charge >= 0.3 is 19.2 Å². The van der Waals surface area contributed by atoms with E-state index < -0.39 is 41.4 Å². The van der Waals surface area contributed by atoms with Gasteiger partial charge in [0.05, 0.1) is 16.6 Å². The average molecular weight is 443 g/mol. The van der Waals surface area contributed by atoms with Crippen molar-refractivity contribution in [2.24, 2.45) is 0 Å². The van der Waals surface area contributed by atoms with E-state index in [0.717, 1.165) is 16.6 Å². The van der Waals surface area contributed by atoms with E-state index in [9.17, 15) is 14.7 Å². The highest BCUT2D eigenvalue weighted by Gasteiger charge is 2.53. The zero-order valence-electron chi connectivity index (χ0n) is 20.1. The first-order chi connectivity index (χ1) is 14.7. The first kappa shape index (κ1) is 24.3. The van der Waals surface area contributed by atoms with Crippen LogP contribution < -0.4 is 5.32 Å². The Balaban J connectivity index is 1.83. The lowest BCUT2D eigenvalue weighted by atomic mass is 9.77. The van der Waals surface area contributed by atoms with Crippen molar-refractivity contribution in [2.75, 3.05) is 6.54 Å². The monoisotopic (exact) mass is 443 g/mol. The summed E-state index contributed by atoms with van der Waals surface area (Å²) in [6, 6.07) is 7.49. The maximum atomic E-state index is 12.2. The maximum Gasteiger partial charge on any atom is 0.492 e. The van der Waals surface area contributed by atoms with Crippen LogP contribution in [0.1, 0.15) is 72.4 Å². The molecule has 0 radical (unpaired) electrons. The molecule has 0 spiro atoms. The van der Waals surface area contributed by atoms with Gasteiger partial charge in [-0.25, -0.2) is 4.79 Å². The molecule has 1 saturated heterocycles. The Morgan fingerprint density at radius 2 is 1.62 bits per heavy atom. The number of benzene rings is 1. The van der Waals surface area contributed by atoms with Gasteiger partial charge in [0.2, 0.25) is 0 Å². The number of hydrogen-bond acceptors (Lipinski definition) is 5. The van der Waals surface area contributed by atoms with Crippen LogP contribution in [0.2, 0.25) is 0 Å². The SMILES string of the molecule is CC(C)(C)OC(=O)NCC(=Cc1ccc(C2(C(=O)O)CC2)cc1)B1OC(C)(C)C(C)(C)O1. The molecular weight excluding hydrogens is 409 g/mol. The van der Waals surface area contributed by atoms with Crippen molar-refractivity contribution < 1.29 is 28.7 Å². The first-order valence-electron chi connectivity index (χ1n) is 11.0. The fraction of sp³-hybridized carbons (Fsp3) is 0.583. The number of aliphatic carboxylic acids is 1. The molecular formula is C24H34BNO6. The van der Waals surface area contributed by atoms with Crippen molar-refractivity contribution in [1.29, 1.82) is 0 Å². The lowest BCUT2D eigenvalue weighted by molar-refractivity contribution is -0.140. The van der Waals surface area contributed by atoms with E-state index in [1.54, 1.807) is 0 Å². The third-order valence-electron chi connectivity index (χ3n) is 6.37. The van der Waals surface area contributed by atoms with E-state index in [2.05, 4.69) is 5.32 Å². The van der Waals surface area contributed by atoms with E-state index in [4.69, 9.17) is 14.0 Å². The van der Waals surface area contributed by atoms with Crippen molar-refractivity contribution >= 4 is 25.3 Å². The molecule has 7 nitrogen and oxygen atoms in total. The van der Waals surface area contributed by atoms with Gasteiger partial charge in [-0.05, 0) is 77.9 Å². The fourth-order valence-corrected chi connectivity index (χ4v) is 3.55. The van der Waals surface area contributed by atoms with Crippen LogP contribution in [-0.4, -0.2) is 47.6 Å². The van der Waals surface area contributed by atoms with E-state index in [1.807, 2.05) is 78.8 Å². The van der Waals surface area contributed by atoms with Gasteiger partial charge in [0.15, 0.2) is 0 Å². The van der Waals surface area contributed by atoms with Gasteiger partial charge in [0, 0.05) is 6.54 Å².